The summed E-state index contributed by atoms with van der Waals surface area (Å²) in [6.45, 7) is 8.65. The van der Waals surface area contributed by atoms with Gasteiger partial charge in [-0.2, -0.15) is 0 Å². The largest absolute Gasteiger partial charge is 0.422 e. The summed E-state index contributed by atoms with van der Waals surface area (Å²) in [4.78, 5) is 15.9. The Morgan fingerprint density at radius 1 is 1.03 bits per heavy atom. The first kappa shape index (κ1) is 19.6. The highest BCUT2D eigenvalue weighted by atomic mass is 16.4. The number of fused-ring (bicyclic) bond motifs is 4. The fourth-order valence-electron chi connectivity index (χ4n) is 5.13. The van der Waals surface area contributed by atoms with Gasteiger partial charge in [0.25, 0.3) is 0 Å². The van der Waals surface area contributed by atoms with Gasteiger partial charge in [-0.1, -0.05) is 53.6 Å². The molecule has 4 aromatic rings. The molecule has 0 fully saturated rings. The molecule has 3 nitrogen and oxygen atoms in total. The predicted octanol–water partition coefficient (Wildman–Crippen LogP) is 7.11. The number of para-hydroxylation sites is 1. The molecule has 2 aromatic carbocycles. The quantitative estimate of drug-likeness (QED) is 0.283. The zero-order valence-corrected chi connectivity index (χ0v) is 18.5. The van der Waals surface area contributed by atoms with Gasteiger partial charge >= 0.3 is 5.63 Å². The van der Waals surface area contributed by atoms with Crippen LogP contribution in [0.1, 0.15) is 61.4 Å². The van der Waals surface area contributed by atoms with Gasteiger partial charge < -0.3 is 9.40 Å². The molecule has 2 heterocycles. The topological polar surface area (TPSA) is 46.0 Å². The first-order valence-electron chi connectivity index (χ1n) is 10.9. The number of H-pyrrole nitrogens is 1. The summed E-state index contributed by atoms with van der Waals surface area (Å²) in [5.74, 6) is 0.298. The molecule has 0 saturated heterocycles. The fourth-order valence-corrected chi connectivity index (χ4v) is 5.13. The van der Waals surface area contributed by atoms with Gasteiger partial charge in [0.2, 0.25) is 0 Å². The van der Waals surface area contributed by atoms with Gasteiger partial charge in [0.1, 0.15) is 5.58 Å². The predicted molar refractivity (Wildman–Crippen MR) is 128 cm³/mol. The van der Waals surface area contributed by atoms with Crippen LogP contribution in [-0.4, -0.2) is 4.98 Å². The summed E-state index contributed by atoms with van der Waals surface area (Å²) >= 11 is 0. The molecule has 156 valence electrons. The second-order valence-electron chi connectivity index (χ2n) is 9.01. The Balaban J connectivity index is 1.87. The van der Waals surface area contributed by atoms with Crippen molar-refractivity contribution in [2.75, 3.05) is 0 Å². The van der Waals surface area contributed by atoms with Crippen molar-refractivity contribution < 1.29 is 4.42 Å². The van der Waals surface area contributed by atoms with Crippen LogP contribution in [0.3, 0.4) is 0 Å². The Hall–Kier alpha value is -3.33. The number of aryl methyl sites for hydroxylation is 1. The number of allylic oxidation sites excluding steroid dienone is 4. The first-order valence-corrected chi connectivity index (χ1v) is 10.9. The van der Waals surface area contributed by atoms with Gasteiger partial charge in [0, 0.05) is 45.4 Å². The van der Waals surface area contributed by atoms with E-state index in [-0.39, 0.29) is 11.5 Å². The van der Waals surface area contributed by atoms with E-state index in [4.69, 9.17) is 4.42 Å². The number of nitrogens with one attached hydrogen (secondary N) is 1. The standard InChI is InChI=1S/C28H27NO2/c1-16(2)13-20-14-17(3)15-22(27-26(20)21-7-5-6-8-23(21)29-27)25-18(4)9-10-19-11-12-24(30)31-28(19)25/h5-13,15,20,22,29H,14H2,1-4H3/t20-,22-/m0/s1. The van der Waals surface area contributed by atoms with Crippen LogP contribution < -0.4 is 5.63 Å². The summed E-state index contributed by atoms with van der Waals surface area (Å²) in [5, 5.41) is 2.22. The highest BCUT2D eigenvalue weighted by Crippen LogP contribution is 2.45. The normalized spacial score (nSPS) is 18.5. The summed E-state index contributed by atoms with van der Waals surface area (Å²) in [5.41, 5.74) is 8.93. The molecule has 1 N–H and O–H groups in total. The average molecular weight is 410 g/mol. The van der Waals surface area contributed by atoms with Crippen LogP contribution in [0, 0.1) is 6.92 Å². The van der Waals surface area contributed by atoms with Crippen molar-refractivity contribution in [3.63, 3.8) is 0 Å². The maximum Gasteiger partial charge on any atom is 0.336 e. The molecule has 5 rings (SSSR count). The number of aromatic amines is 1. The lowest BCUT2D eigenvalue weighted by atomic mass is 9.86. The molecule has 0 amide bonds. The van der Waals surface area contributed by atoms with E-state index in [0.29, 0.717) is 11.5 Å². The SMILES string of the molecule is CC(C)=C[C@H]1CC(C)=C[C@@H](c2c(C)ccc3ccc(=O)oc23)c2[nH]c3ccccc3c21. The van der Waals surface area contributed by atoms with Crippen molar-refractivity contribution in [3.8, 4) is 0 Å². The smallest absolute Gasteiger partial charge is 0.336 e. The summed E-state index contributed by atoms with van der Waals surface area (Å²) in [6.07, 6.45) is 5.71. The van der Waals surface area contributed by atoms with E-state index >= 15 is 0 Å². The molecular weight excluding hydrogens is 382 g/mol. The van der Waals surface area contributed by atoms with Gasteiger partial charge in [-0.05, 0) is 57.4 Å². The van der Waals surface area contributed by atoms with E-state index in [1.54, 1.807) is 0 Å². The number of benzene rings is 2. The Bertz CT molecular complexity index is 1430. The zero-order chi connectivity index (χ0) is 21.7. The maximum atomic E-state index is 12.1. The molecule has 1 aliphatic carbocycles. The van der Waals surface area contributed by atoms with E-state index in [9.17, 15) is 4.79 Å². The molecule has 0 saturated carbocycles. The third kappa shape index (κ3) is 3.34. The highest BCUT2D eigenvalue weighted by molar-refractivity contribution is 5.88. The minimum Gasteiger partial charge on any atom is -0.422 e. The van der Waals surface area contributed by atoms with E-state index in [2.05, 4.69) is 75.2 Å². The molecule has 2 atom stereocenters. The minimum absolute atomic E-state index is 0.00721. The molecule has 0 unspecified atom stereocenters. The maximum absolute atomic E-state index is 12.1. The molecule has 0 spiro atoms. The lowest BCUT2D eigenvalue weighted by molar-refractivity contribution is 0.555. The number of hydrogen-bond acceptors (Lipinski definition) is 2. The van der Waals surface area contributed by atoms with E-state index in [0.717, 1.165) is 28.5 Å². The van der Waals surface area contributed by atoms with Crippen LogP contribution in [0.2, 0.25) is 0 Å². The van der Waals surface area contributed by atoms with Gasteiger partial charge in [-0.3, -0.25) is 0 Å². The van der Waals surface area contributed by atoms with Crippen LogP contribution in [0.4, 0.5) is 0 Å². The lowest BCUT2D eigenvalue weighted by Gasteiger charge is -2.19. The van der Waals surface area contributed by atoms with Crippen LogP contribution in [-0.2, 0) is 0 Å². The van der Waals surface area contributed by atoms with Gasteiger partial charge in [-0.15, -0.1) is 0 Å². The number of hydrogen-bond donors (Lipinski definition) is 1. The van der Waals surface area contributed by atoms with Crippen molar-refractivity contribution in [1.29, 1.82) is 0 Å². The van der Waals surface area contributed by atoms with Crippen LogP contribution in [0.15, 0.2) is 81.0 Å². The molecule has 0 aliphatic heterocycles. The first-order chi connectivity index (χ1) is 14.9. The van der Waals surface area contributed by atoms with E-state index < -0.39 is 0 Å². The zero-order valence-electron chi connectivity index (χ0n) is 18.5. The van der Waals surface area contributed by atoms with Crippen LogP contribution >= 0.6 is 0 Å². The van der Waals surface area contributed by atoms with Crippen molar-refractivity contribution >= 4 is 21.9 Å². The molecule has 3 heteroatoms. The van der Waals surface area contributed by atoms with Crippen molar-refractivity contribution in [3.05, 3.63) is 105 Å². The molecule has 0 bridgehead atoms. The van der Waals surface area contributed by atoms with Gasteiger partial charge in [0.05, 0.1) is 0 Å². The van der Waals surface area contributed by atoms with Gasteiger partial charge in [-0.25, -0.2) is 4.79 Å². The van der Waals surface area contributed by atoms with Crippen molar-refractivity contribution in [2.45, 2.75) is 46.0 Å². The van der Waals surface area contributed by atoms with Crippen LogP contribution in [0.25, 0.3) is 21.9 Å². The number of aromatic nitrogens is 1. The molecule has 31 heavy (non-hydrogen) atoms. The van der Waals surface area contributed by atoms with Crippen molar-refractivity contribution in [1.82, 2.24) is 4.98 Å². The monoisotopic (exact) mass is 409 g/mol. The average Bonchev–Trinajstić information content (AvgIpc) is 3.05. The fraction of sp³-hybridized carbons (Fsp3) is 0.250. The minimum atomic E-state index is -0.312. The summed E-state index contributed by atoms with van der Waals surface area (Å²) in [6, 6.07) is 16.1. The summed E-state index contributed by atoms with van der Waals surface area (Å²) in [7, 11) is 0. The van der Waals surface area contributed by atoms with Crippen molar-refractivity contribution in [2.24, 2.45) is 0 Å². The Labute approximate surface area is 182 Å². The van der Waals surface area contributed by atoms with E-state index in [1.165, 1.54) is 33.9 Å². The Morgan fingerprint density at radius 3 is 2.61 bits per heavy atom. The molecule has 0 radical (unpaired) electrons. The van der Waals surface area contributed by atoms with Crippen LogP contribution in [0.5, 0.6) is 0 Å². The highest BCUT2D eigenvalue weighted by Gasteiger charge is 2.30. The summed E-state index contributed by atoms with van der Waals surface area (Å²) < 4.78 is 5.77. The third-order valence-corrected chi connectivity index (χ3v) is 6.34. The second-order valence-corrected chi connectivity index (χ2v) is 9.01. The van der Waals surface area contributed by atoms with Gasteiger partial charge in [0.15, 0.2) is 0 Å². The molecule has 2 aromatic heterocycles. The van der Waals surface area contributed by atoms with E-state index in [1.807, 2.05) is 12.1 Å². The Kier molecular flexibility index (Phi) is 4.70. The number of rotatable bonds is 2. The lowest BCUT2D eigenvalue weighted by Crippen LogP contribution is -2.06. The molecule has 1 aliphatic rings. The second kappa shape index (κ2) is 7.42. The third-order valence-electron chi connectivity index (χ3n) is 6.34. The Morgan fingerprint density at radius 2 is 1.81 bits per heavy atom. The molecular formula is C28H27NO2.